The van der Waals surface area contributed by atoms with Crippen LogP contribution in [0, 0.1) is 6.92 Å². The minimum Gasteiger partial charge on any atom is -0.497 e. The van der Waals surface area contributed by atoms with Crippen molar-refractivity contribution in [2.24, 2.45) is 4.99 Å². The van der Waals surface area contributed by atoms with E-state index in [1.807, 2.05) is 79.7 Å². The standard InChI is InChI=1S/C24H20N2O3/c1-16-6-5-8-19(14-16)25-23(27)21-15-17-7-3-4-9-22(17)29-24(21)26-18-10-12-20(28-2)13-11-18/h3-15H,1-2H3,(H,25,27). The smallest absolute Gasteiger partial charge is 0.261 e. The van der Waals surface area contributed by atoms with Crippen molar-refractivity contribution >= 4 is 28.3 Å². The summed E-state index contributed by atoms with van der Waals surface area (Å²) in [6.07, 6.45) is 0. The predicted molar refractivity (Wildman–Crippen MR) is 114 cm³/mol. The monoisotopic (exact) mass is 384 g/mol. The van der Waals surface area contributed by atoms with Crippen molar-refractivity contribution in [1.82, 2.24) is 0 Å². The molecule has 1 N–H and O–H groups in total. The first-order valence-corrected chi connectivity index (χ1v) is 9.22. The van der Waals surface area contributed by atoms with Crippen molar-refractivity contribution < 1.29 is 13.9 Å². The van der Waals surface area contributed by atoms with Gasteiger partial charge in [0.05, 0.1) is 12.8 Å². The highest BCUT2D eigenvalue weighted by Crippen LogP contribution is 2.19. The molecule has 1 heterocycles. The maximum atomic E-state index is 13.0. The van der Waals surface area contributed by atoms with Crippen LogP contribution in [-0.4, -0.2) is 13.0 Å². The van der Waals surface area contributed by atoms with Gasteiger partial charge in [-0.15, -0.1) is 0 Å². The molecule has 0 spiro atoms. The van der Waals surface area contributed by atoms with E-state index in [9.17, 15) is 4.79 Å². The molecule has 4 rings (SSSR count). The molecule has 1 amide bonds. The molecule has 144 valence electrons. The summed E-state index contributed by atoms with van der Waals surface area (Å²) < 4.78 is 11.2. The molecule has 0 aliphatic heterocycles. The normalized spacial score (nSPS) is 11.4. The molecule has 4 aromatic rings. The molecule has 1 aromatic heterocycles. The Morgan fingerprint density at radius 1 is 0.966 bits per heavy atom. The molecule has 0 bridgehead atoms. The lowest BCUT2D eigenvalue weighted by atomic mass is 10.1. The molecule has 0 atom stereocenters. The van der Waals surface area contributed by atoms with E-state index in [4.69, 9.17) is 9.15 Å². The number of carbonyl (C=O) groups excluding carboxylic acids is 1. The van der Waals surface area contributed by atoms with Crippen molar-refractivity contribution in [3.63, 3.8) is 0 Å². The molecule has 3 aromatic carbocycles. The van der Waals surface area contributed by atoms with Crippen molar-refractivity contribution in [3.8, 4) is 5.75 Å². The first-order valence-electron chi connectivity index (χ1n) is 9.22. The van der Waals surface area contributed by atoms with Crippen LogP contribution < -0.4 is 15.6 Å². The van der Waals surface area contributed by atoms with Crippen LogP contribution >= 0.6 is 0 Å². The highest BCUT2D eigenvalue weighted by molar-refractivity contribution is 6.05. The van der Waals surface area contributed by atoms with Crippen LogP contribution in [0.5, 0.6) is 5.75 Å². The molecule has 0 saturated heterocycles. The zero-order chi connectivity index (χ0) is 20.2. The van der Waals surface area contributed by atoms with Crippen molar-refractivity contribution in [1.29, 1.82) is 0 Å². The van der Waals surface area contributed by atoms with Crippen LogP contribution in [0.15, 0.2) is 88.3 Å². The van der Waals surface area contributed by atoms with Gasteiger partial charge >= 0.3 is 0 Å². The van der Waals surface area contributed by atoms with E-state index in [2.05, 4.69) is 10.3 Å². The topological polar surface area (TPSA) is 63.8 Å². The number of anilines is 1. The number of hydrogen-bond donors (Lipinski definition) is 1. The van der Waals surface area contributed by atoms with Crippen molar-refractivity contribution in [2.75, 3.05) is 12.4 Å². The molecule has 0 radical (unpaired) electrons. The maximum absolute atomic E-state index is 13.0. The first-order chi connectivity index (χ1) is 14.1. The zero-order valence-corrected chi connectivity index (χ0v) is 16.2. The van der Waals surface area contributed by atoms with Crippen molar-refractivity contribution in [3.05, 3.63) is 95.5 Å². The number of hydrogen-bond acceptors (Lipinski definition) is 4. The van der Waals surface area contributed by atoms with Gasteiger partial charge in [-0.05, 0) is 61.0 Å². The van der Waals surface area contributed by atoms with Gasteiger partial charge in [0.2, 0.25) is 5.55 Å². The summed E-state index contributed by atoms with van der Waals surface area (Å²) in [5, 5.41) is 3.76. The lowest BCUT2D eigenvalue weighted by Crippen LogP contribution is -2.21. The molecule has 0 fully saturated rings. The lowest BCUT2D eigenvalue weighted by Gasteiger charge is -2.08. The van der Waals surface area contributed by atoms with Crippen molar-refractivity contribution in [2.45, 2.75) is 6.92 Å². The van der Waals surface area contributed by atoms with Crippen LogP contribution in [0.1, 0.15) is 15.9 Å². The molecule has 5 heteroatoms. The Labute approximate surface area is 168 Å². The summed E-state index contributed by atoms with van der Waals surface area (Å²) in [5.41, 5.74) is 3.72. The first kappa shape index (κ1) is 18.5. The third-order valence-corrected chi connectivity index (χ3v) is 4.48. The Kier molecular flexibility index (Phi) is 5.12. The zero-order valence-electron chi connectivity index (χ0n) is 16.2. The van der Waals surface area contributed by atoms with Gasteiger partial charge in [-0.1, -0.05) is 30.3 Å². The van der Waals surface area contributed by atoms with Gasteiger partial charge in [0, 0.05) is 11.1 Å². The predicted octanol–water partition coefficient (Wildman–Crippen LogP) is 5.23. The minimum atomic E-state index is -0.280. The highest BCUT2D eigenvalue weighted by atomic mass is 16.5. The average molecular weight is 384 g/mol. The second kappa shape index (κ2) is 8.02. The lowest BCUT2D eigenvalue weighted by molar-refractivity contribution is 0.102. The van der Waals surface area contributed by atoms with Crippen LogP contribution in [0.25, 0.3) is 11.0 Å². The fraction of sp³-hybridized carbons (Fsp3) is 0.0833. The number of benzene rings is 3. The maximum Gasteiger partial charge on any atom is 0.261 e. The van der Waals surface area contributed by atoms with E-state index in [0.29, 0.717) is 16.8 Å². The molecular formula is C24H20N2O3. The fourth-order valence-electron chi connectivity index (χ4n) is 3.01. The summed E-state index contributed by atoms with van der Waals surface area (Å²) in [6, 6.07) is 24.2. The third-order valence-electron chi connectivity index (χ3n) is 4.48. The molecular weight excluding hydrogens is 364 g/mol. The van der Waals surface area contributed by atoms with E-state index in [1.54, 1.807) is 13.2 Å². The average Bonchev–Trinajstić information content (AvgIpc) is 2.74. The van der Waals surface area contributed by atoms with Gasteiger partial charge in [0.1, 0.15) is 16.9 Å². The van der Waals surface area contributed by atoms with Gasteiger partial charge in [-0.3, -0.25) is 4.79 Å². The Bertz CT molecular complexity index is 1240. The molecule has 0 saturated carbocycles. The van der Waals surface area contributed by atoms with E-state index in [-0.39, 0.29) is 11.5 Å². The van der Waals surface area contributed by atoms with E-state index >= 15 is 0 Å². The van der Waals surface area contributed by atoms with E-state index in [0.717, 1.165) is 22.4 Å². The second-order valence-electron chi connectivity index (χ2n) is 6.64. The van der Waals surface area contributed by atoms with Gasteiger partial charge in [0.15, 0.2) is 0 Å². The number of rotatable bonds is 4. The summed E-state index contributed by atoms with van der Waals surface area (Å²) in [4.78, 5) is 17.6. The van der Waals surface area contributed by atoms with E-state index in [1.165, 1.54) is 0 Å². The van der Waals surface area contributed by atoms with Gasteiger partial charge in [0.25, 0.3) is 5.91 Å². The highest BCUT2D eigenvalue weighted by Gasteiger charge is 2.13. The van der Waals surface area contributed by atoms with Gasteiger partial charge in [-0.2, -0.15) is 0 Å². The number of para-hydroxylation sites is 1. The summed E-state index contributed by atoms with van der Waals surface area (Å²) in [6.45, 7) is 1.98. The van der Waals surface area contributed by atoms with Gasteiger partial charge in [-0.25, -0.2) is 4.99 Å². The second-order valence-corrected chi connectivity index (χ2v) is 6.64. The van der Waals surface area contributed by atoms with Gasteiger partial charge < -0.3 is 14.5 Å². The molecule has 0 aliphatic rings. The number of amides is 1. The minimum absolute atomic E-state index is 0.249. The number of methoxy groups -OCH3 is 1. The summed E-state index contributed by atoms with van der Waals surface area (Å²) in [5.74, 6) is 0.453. The van der Waals surface area contributed by atoms with Crippen LogP contribution in [-0.2, 0) is 0 Å². The number of aryl methyl sites for hydroxylation is 1. The number of nitrogens with zero attached hydrogens (tertiary/aromatic N) is 1. The molecule has 0 unspecified atom stereocenters. The summed E-state index contributed by atoms with van der Waals surface area (Å²) in [7, 11) is 1.61. The number of fused-ring (bicyclic) bond motifs is 1. The largest absolute Gasteiger partial charge is 0.497 e. The SMILES string of the molecule is COc1ccc(N=c2oc3ccccc3cc2C(=O)Nc2cccc(C)c2)cc1. The number of ether oxygens (including phenoxy) is 1. The summed E-state index contributed by atoms with van der Waals surface area (Å²) >= 11 is 0. The number of carbonyl (C=O) groups is 1. The molecule has 29 heavy (non-hydrogen) atoms. The molecule has 5 nitrogen and oxygen atoms in total. The van der Waals surface area contributed by atoms with Crippen LogP contribution in [0.3, 0.4) is 0 Å². The number of nitrogens with one attached hydrogen (secondary N) is 1. The third kappa shape index (κ3) is 4.19. The Morgan fingerprint density at radius 2 is 1.76 bits per heavy atom. The quantitative estimate of drug-likeness (QED) is 0.524. The van der Waals surface area contributed by atoms with Crippen LogP contribution in [0.2, 0.25) is 0 Å². The Balaban J connectivity index is 1.81. The Hall–Kier alpha value is -3.86. The fourth-order valence-corrected chi connectivity index (χ4v) is 3.01. The Morgan fingerprint density at radius 3 is 2.52 bits per heavy atom. The van der Waals surface area contributed by atoms with E-state index < -0.39 is 0 Å². The molecule has 0 aliphatic carbocycles. The van der Waals surface area contributed by atoms with Crippen LogP contribution in [0.4, 0.5) is 11.4 Å².